The van der Waals surface area contributed by atoms with Crippen LogP contribution in [0, 0.1) is 0 Å². The minimum absolute atomic E-state index is 0.0669. The number of pyridine rings is 1. The summed E-state index contributed by atoms with van der Waals surface area (Å²) >= 11 is 5.92. The lowest BCUT2D eigenvalue weighted by atomic mass is 10.1. The maximum atomic E-state index is 14.4. The topological polar surface area (TPSA) is 102 Å². The Bertz CT molecular complexity index is 1470. The van der Waals surface area contributed by atoms with Crippen LogP contribution in [-0.4, -0.2) is 33.4 Å². The molecule has 11 heteroatoms. The summed E-state index contributed by atoms with van der Waals surface area (Å²) in [5.41, 5.74) is 1.48. The zero-order valence-corrected chi connectivity index (χ0v) is 18.0. The van der Waals surface area contributed by atoms with E-state index in [2.05, 4.69) is 25.6 Å². The SMILES string of the molecule is C[C@@H]1CNc2c(oc3ccc4nc(Oc5nc(Cl)nc6c5C(F)(F)CC6)ccc4c23)C(=O)N1. The molecule has 6 rings (SSSR count). The van der Waals surface area contributed by atoms with Crippen LogP contribution in [0.3, 0.4) is 0 Å². The summed E-state index contributed by atoms with van der Waals surface area (Å²) in [5, 5.41) is 7.39. The van der Waals surface area contributed by atoms with E-state index >= 15 is 0 Å². The van der Waals surface area contributed by atoms with Crippen LogP contribution in [0.4, 0.5) is 14.5 Å². The van der Waals surface area contributed by atoms with E-state index in [1.165, 1.54) is 0 Å². The van der Waals surface area contributed by atoms with Crippen molar-refractivity contribution >= 4 is 45.1 Å². The molecule has 0 saturated heterocycles. The fourth-order valence-corrected chi connectivity index (χ4v) is 4.52. The van der Waals surface area contributed by atoms with Gasteiger partial charge in [0.1, 0.15) is 11.1 Å². The normalized spacial score (nSPS) is 19.0. The number of anilines is 1. The number of nitrogens with one attached hydrogen (secondary N) is 2. The number of hydrogen-bond donors (Lipinski definition) is 2. The molecule has 4 aromatic rings. The van der Waals surface area contributed by atoms with Gasteiger partial charge in [0.05, 0.1) is 22.3 Å². The molecule has 0 radical (unpaired) electrons. The third-order valence-electron chi connectivity index (χ3n) is 5.83. The largest absolute Gasteiger partial charge is 0.449 e. The second kappa shape index (κ2) is 6.98. The molecule has 2 aliphatic rings. The predicted molar refractivity (Wildman–Crippen MR) is 116 cm³/mol. The van der Waals surface area contributed by atoms with Crippen LogP contribution in [0.2, 0.25) is 5.28 Å². The standard InChI is InChI=1S/C22H16ClF2N5O3/c1-9-8-26-17-15-10-2-5-14(28-11(10)3-4-13(15)32-18(17)19(31)27-9)33-20-16-12(29-21(23)30-20)6-7-22(16,24)25/h2-5,9,26H,6-8H2,1H3,(H,27,31)/t9-/m1/s1. The number of rotatable bonds is 2. The van der Waals surface area contributed by atoms with E-state index in [-0.39, 0.29) is 58.9 Å². The lowest BCUT2D eigenvalue weighted by Crippen LogP contribution is -2.34. The number of aromatic nitrogens is 3. The number of ether oxygens (including phenoxy) is 1. The first-order valence-corrected chi connectivity index (χ1v) is 10.7. The van der Waals surface area contributed by atoms with Crippen molar-refractivity contribution in [2.24, 2.45) is 0 Å². The van der Waals surface area contributed by atoms with Crippen LogP contribution in [0.1, 0.15) is 35.2 Å². The van der Waals surface area contributed by atoms with Crippen molar-refractivity contribution in [2.45, 2.75) is 31.7 Å². The molecule has 1 aliphatic carbocycles. The van der Waals surface area contributed by atoms with Crippen LogP contribution in [0.15, 0.2) is 28.7 Å². The van der Waals surface area contributed by atoms with E-state index in [9.17, 15) is 13.6 Å². The molecular formula is C22H16ClF2N5O3. The van der Waals surface area contributed by atoms with Crippen molar-refractivity contribution in [3.63, 3.8) is 0 Å². The van der Waals surface area contributed by atoms with Gasteiger partial charge in [-0.1, -0.05) is 0 Å². The van der Waals surface area contributed by atoms with Crippen LogP contribution in [0.25, 0.3) is 21.9 Å². The van der Waals surface area contributed by atoms with Crippen LogP contribution in [0.5, 0.6) is 11.8 Å². The number of benzene rings is 1. The highest BCUT2D eigenvalue weighted by atomic mass is 35.5. The highest BCUT2D eigenvalue weighted by molar-refractivity contribution is 6.28. The number of carbonyl (C=O) groups is 1. The molecule has 1 aliphatic heterocycles. The molecule has 2 N–H and O–H groups in total. The predicted octanol–water partition coefficient (Wildman–Crippen LogP) is 4.80. The zero-order chi connectivity index (χ0) is 22.9. The van der Waals surface area contributed by atoms with Gasteiger partial charge in [0, 0.05) is 30.5 Å². The van der Waals surface area contributed by atoms with Gasteiger partial charge in [-0.2, -0.15) is 4.98 Å². The molecular weight excluding hydrogens is 456 g/mol. The van der Waals surface area contributed by atoms with Crippen LogP contribution >= 0.6 is 11.6 Å². The number of carbonyl (C=O) groups excluding carboxylic acids is 1. The number of aryl methyl sites for hydroxylation is 1. The number of halogens is 3. The Morgan fingerprint density at radius 1 is 1.21 bits per heavy atom. The summed E-state index contributed by atoms with van der Waals surface area (Å²) in [4.78, 5) is 24.8. The smallest absolute Gasteiger partial charge is 0.289 e. The summed E-state index contributed by atoms with van der Waals surface area (Å²) in [6, 6.07) is 6.64. The Balaban J connectivity index is 1.45. The summed E-state index contributed by atoms with van der Waals surface area (Å²) in [5.74, 6) is -3.41. The van der Waals surface area contributed by atoms with Crippen molar-refractivity contribution in [3.05, 3.63) is 46.6 Å². The van der Waals surface area contributed by atoms with E-state index in [0.29, 0.717) is 28.7 Å². The first-order chi connectivity index (χ1) is 15.8. The summed E-state index contributed by atoms with van der Waals surface area (Å²) in [7, 11) is 0. The van der Waals surface area contributed by atoms with E-state index in [1.807, 2.05) is 6.92 Å². The average molecular weight is 472 g/mol. The first kappa shape index (κ1) is 20.1. The molecule has 1 amide bonds. The molecule has 0 saturated carbocycles. The average Bonchev–Trinajstić information content (AvgIpc) is 3.24. The highest BCUT2D eigenvalue weighted by Gasteiger charge is 2.44. The Labute approximate surface area is 190 Å². The lowest BCUT2D eigenvalue weighted by Gasteiger charge is -2.14. The fraction of sp³-hybridized carbons (Fsp3) is 0.273. The molecule has 3 aromatic heterocycles. The van der Waals surface area contributed by atoms with Crippen molar-refractivity contribution in [1.82, 2.24) is 20.3 Å². The molecule has 8 nitrogen and oxygen atoms in total. The van der Waals surface area contributed by atoms with Gasteiger partial charge in [-0.3, -0.25) is 4.79 Å². The van der Waals surface area contributed by atoms with Gasteiger partial charge in [0.2, 0.25) is 22.8 Å². The molecule has 0 fully saturated rings. The third kappa shape index (κ3) is 3.16. The number of hydrogen-bond acceptors (Lipinski definition) is 7. The monoisotopic (exact) mass is 471 g/mol. The molecule has 4 heterocycles. The summed E-state index contributed by atoms with van der Waals surface area (Å²) in [6.45, 7) is 2.42. The van der Waals surface area contributed by atoms with Gasteiger partial charge in [-0.25, -0.2) is 18.7 Å². The third-order valence-corrected chi connectivity index (χ3v) is 6.00. The van der Waals surface area contributed by atoms with E-state index < -0.39 is 5.92 Å². The molecule has 33 heavy (non-hydrogen) atoms. The van der Waals surface area contributed by atoms with Gasteiger partial charge in [0.15, 0.2) is 0 Å². The molecule has 1 atom stereocenters. The van der Waals surface area contributed by atoms with Gasteiger partial charge in [-0.05, 0) is 43.1 Å². The van der Waals surface area contributed by atoms with Crippen molar-refractivity contribution in [1.29, 1.82) is 0 Å². The van der Waals surface area contributed by atoms with Gasteiger partial charge in [0.25, 0.3) is 11.8 Å². The highest BCUT2D eigenvalue weighted by Crippen LogP contribution is 2.46. The maximum absolute atomic E-state index is 14.4. The first-order valence-electron chi connectivity index (χ1n) is 10.3. The van der Waals surface area contributed by atoms with Crippen molar-refractivity contribution < 1.29 is 22.7 Å². The number of fused-ring (bicyclic) bond motifs is 6. The number of amides is 1. The van der Waals surface area contributed by atoms with Crippen molar-refractivity contribution in [3.8, 4) is 11.8 Å². The molecule has 1 aromatic carbocycles. The molecule has 168 valence electrons. The number of furan rings is 1. The van der Waals surface area contributed by atoms with E-state index in [0.717, 1.165) is 5.39 Å². The Morgan fingerprint density at radius 2 is 2.06 bits per heavy atom. The van der Waals surface area contributed by atoms with Gasteiger partial charge in [-0.15, -0.1) is 0 Å². The van der Waals surface area contributed by atoms with Crippen molar-refractivity contribution in [2.75, 3.05) is 11.9 Å². The zero-order valence-electron chi connectivity index (χ0n) is 17.2. The second-order valence-corrected chi connectivity index (χ2v) is 8.48. The van der Waals surface area contributed by atoms with Crippen LogP contribution < -0.4 is 15.4 Å². The Morgan fingerprint density at radius 3 is 2.91 bits per heavy atom. The number of alkyl halides is 2. The van der Waals surface area contributed by atoms with Gasteiger partial charge < -0.3 is 19.8 Å². The summed E-state index contributed by atoms with van der Waals surface area (Å²) in [6.07, 6.45) is -0.281. The van der Waals surface area contributed by atoms with E-state index in [1.54, 1.807) is 24.3 Å². The minimum Gasteiger partial charge on any atom is -0.449 e. The van der Waals surface area contributed by atoms with Gasteiger partial charge >= 0.3 is 0 Å². The second-order valence-electron chi connectivity index (χ2n) is 8.14. The maximum Gasteiger partial charge on any atom is 0.289 e. The van der Waals surface area contributed by atoms with E-state index in [4.69, 9.17) is 20.8 Å². The molecule has 0 spiro atoms. The number of nitrogens with zero attached hydrogens (tertiary/aromatic N) is 3. The Kier molecular flexibility index (Phi) is 4.25. The lowest BCUT2D eigenvalue weighted by molar-refractivity contribution is -0.00397. The fourth-order valence-electron chi connectivity index (χ4n) is 4.34. The quantitative estimate of drug-likeness (QED) is 0.405. The minimum atomic E-state index is -3.10. The van der Waals surface area contributed by atoms with Crippen LogP contribution in [-0.2, 0) is 12.3 Å². The summed E-state index contributed by atoms with van der Waals surface area (Å²) < 4.78 is 40.3. The molecule has 0 bridgehead atoms. The molecule has 0 unspecified atom stereocenters. The Hall–Kier alpha value is -3.53.